The number of halogens is 2. The Bertz CT molecular complexity index is 1810. The number of nitrogens with zero attached hydrogens (tertiary/aromatic N) is 2. The highest BCUT2D eigenvalue weighted by atomic mass is 79.9. The molecule has 0 amide bonds. The van der Waals surface area contributed by atoms with E-state index in [9.17, 15) is 14.0 Å². The first-order valence-corrected chi connectivity index (χ1v) is 14.4. The maximum absolute atomic E-state index is 13.8. The van der Waals surface area contributed by atoms with E-state index in [1.165, 1.54) is 28.0 Å². The third-order valence-electron chi connectivity index (χ3n) is 6.50. The molecule has 0 radical (unpaired) electrons. The van der Waals surface area contributed by atoms with E-state index in [1.54, 1.807) is 51.3 Å². The van der Waals surface area contributed by atoms with E-state index in [1.807, 2.05) is 30.3 Å². The highest BCUT2D eigenvalue weighted by molar-refractivity contribution is 9.10. The van der Waals surface area contributed by atoms with Crippen LogP contribution in [0.25, 0.3) is 6.08 Å². The third kappa shape index (κ3) is 6.03. The molecule has 1 aliphatic heterocycles. The van der Waals surface area contributed by atoms with Gasteiger partial charge in [-0.05, 0) is 73.0 Å². The van der Waals surface area contributed by atoms with Gasteiger partial charge in [0.25, 0.3) is 5.56 Å². The SMILES string of the molecule is CCOC(=O)C1=C(C)N=c2s/c(=C\c3ccc(OCc4ccc(Br)cc4)c(OC)c3)c(=O)n2[C@@H]1c1ccc(F)cc1. The third-order valence-corrected chi connectivity index (χ3v) is 8.01. The number of thiazole rings is 1. The van der Waals surface area contributed by atoms with E-state index in [-0.39, 0.29) is 17.7 Å². The van der Waals surface area contributed by atoms with E-state index < -0.39 is 17.8 Å². The second-order valence-electron chi connectivity index (χ2n) is 9.18. The number of ether oxygens (including phenoxy) is 3. The molecule has 0 N–H and O–H groups in total. The van der Waals surface area contributed by atoms with Crippen molar-refractivity contribution in [2.24, 2.45) is 4.99 Å². The Hall–Kier alpha value is -4.02. The maximum Gasteiger partial charge on any atom is 0.338 e. The average Bonchev–Trinajstić information content (AvgIpc) is 3.26. The minimum absolute atomic E-state index is 0.168. The fraction of sp³-hybridized carbons (Fsp3) is 0.194. The van der Waals surface area contributed by atoms with Gasteiger partial charge in [-0.3, -0.25) is 9.36 Å². The highest BCUT2D eigenvalue weighted by Crippen LogP contribution is 2.31. The summed E-state index contributed by atoms with van der Waals surface area (Å²) in [4.78, 5) is 31.8. The van der Waals surface area contributed by atoms with Gasteiger partial charge in [-0.25, -0.2) is 14.2 Å². The molecule has 41 heavy (non-hydrogen) atoms. The van der Waals surface area contributed by atoms with Crippen LogP contribution in [0.3, 0.4) is 0 Å². The van der Waals surface area contributed by atoms with Crippen molar-refractivity contribution in [1.82, 2.24) is 4.57 Å². The monoisotopic (exact) mass is 636 g/mol. The molecule has 4 aromatic rings. The number of allylic oxidation sites excluding steroid dienone is 1. The number of benzene rings is 3. The van der Waals surface area contributed by atoms with Crippen LogP contribution in [-0.4, -0.2) is 24.3 Å². The number of carbonyl (C=O) groups is 1. The quantitative estimate of drug-likeness (QED) is 0.246. The Morgan fingerprint density at radius 2 is 1.83 bits per heavy atom. The lowest BCUT2D eigenvalue weighted by Crippen LogP contribution is -2.39. The van der Waals surface area contributed by atoms with Crippen LogP contribution in [0, 0.1) is 5.82 Å². The van der Waals surface area contributed by atoms with Crippen LogP contribution in [0.1, 0.15) is 36.6 Å². The lowest BCUT2D eigenvalue weighted by atomic mass is 9.96. The van der Waals surface area contributed by atoms with E-state index in [2.05, 4.69) is 20.9 Å². The zero-order chi connectivity index (χ0) is 29.1. The van der Waals surface area contributed by atoms with E-state index in [4.69, 9.17) is 14.2 Å². The Balaban J connectivity index is 1.53. The molecule has 10 heteroatoms. The van der Waals surface area contributed by atoms with Gasteiger partial charge in [0, 0.05) is 4.47 Å². The van der Waals surface area contributed by atoms with E-state index >= 15 is 0 Å². The number of hydrogen-bond acceptors (Lipinski definition) is 7. The van der Waals surface area contributed by atoms with Crippen molar-refractivity contribution in [2.45, 2.75) is 26.5 Å². The topological polar surface area (TPSA) is 79.1 Å². The predicted molar refractivity (Wildman–Crippen MR) is 158 cm³/mol. The molecule has 210 valence electrons. The summed E-state index contributed by atoms with van der Waals surface area (Å²) in [5.41, 5.74) is 2.67. The summed E-state index contributed by atoms with van der Waals surface area (Å²) in [6, 6.07) is 18.2. The first kappa shape index (κ1) is 28.5. The molecule has 0 unspecified atom stereocenters. The molecule has 0 bridgehead atoms. The van der Waals surface area contributed by atoms with Crippen molar-refractivity contribution < 1.29 is 23.4 Å². The molecule has 2 heterocycles. The van der Waals surface area contributed by atoms with Crippen LogP contribution in [0.2, 0.25) is 0 Å². The van der Waals surface area contributed by atoms with Crippen molar-refractivity contribution in [1.29, 1.82) is 0 Å². The Morgan fingerprint density at radius 3 is 2.51 bits per heavy atom. The van der Waals surface area contributed by atoms with Crippen molar-refractivity contribution in [2.75, 3.05) is 13.7 Å². The van der Waals surface area contributed by atoms with Crippen LogP contribution >= 0.6 is 27.3 Å². The molecule has 0 saturated carbocycles. The van der Waals surface area contributed by atoms with Crippen molar-refractivity contribution in [3.8, 4) is 11.5 Å². The lowest BCUT2D eigenvalue weighted by Gasteiger charge is -2.24. The molecule has 1 aliphatic rings. The number of carbonyl (C=O) groups excluding carboxylic acids is 1. The summed E-state index contributed by atoms with van der Waals surface area (Å²) in [6.45, 7) is 3.95. The fourth-order valence-electron chi connectivity index (χ4n) is 4.54. The maximum atomic E-state index is 13.8. The molecule has 0 spiro atoms. The summed E-state index contributed by atoms with van der Waals surface area (Å²) in [6.07, 6.45) is 1.75. The average molecular weight is 638 g/mol. The molecule has 7 nitrogen and oxygen atoms in total. The Morgan fingerprint density at radius 1 is 1.10 bits per heavy atom. The van der Waals surface area contributed by atoms with E-state index in [0.717, 1.165) is 15.6 Å². The standard InChI is InChI=1S/C31H26BrFN2O5S/c1-4-39-30(37)27-18(2)34-31-35(28(27)21-8-12-23(33)13-9-21)29(36)26(41-31)16-20-7-14-24(25(15-20)38-3)40-17-19-5-10-22(32)11-6-19/h5-16,28H,4,17H2,1-3H3/b26-16-/t28-/m1/s1. The van der Waals surface area contributed by atoms with Crippen LogP contribution in [0.15, 0.2) is 92.3 Å². The summed E-state index contributed by atoms with van der Waals surface area (Å²) in [5.74, 6) is 0.104. The number of fused-ring (bicyclic) bond motifs is 1. The highest BCUT2D eigenvalue weighted by Gasteiger charge is 2.33. The van der Waals surface area contributed by atoms with Gasteiger partial charge in [-0.1, -0.05) is 57.6 Å². The zero-order valence-electron chi connectivity index (χ0n) is 22.5. The molecule has 0 aliphatic carbocycles. The summed E-state index contributed by atoms with van der Waals surface area (Å²) in [7, 11) is 1.56. The number of aromatic nitrogens is 1. The van der Waals surface area contributed by atoms with E-state index in [0.29, 0.717) is 38.7 Å². The number of esters is 1. The molecule has 3 aromatic carbocycles. The van der Waals surface area contributed by atoms with Gasteiger partial charge in [0.05, 0.1) is 35.6 Å². The molecule has 1 aromatic heterocycles. The molecule has 5 rings (SSSR count). The molecule has 0 saturated heterocycles. The van der Waals surface area contributed by atoms with Crippen molar-refractivity contribution in [3.05, 3.63) is 125 Å². The smallest absolute Gasteiger partial charge is 0.338 e. The minimum Gasteiger partial charge on any atom is -0.493 e. The largest absolute Gasteiger partial charge is 0.493 e. The van der Waals surface area contributed by atoms with Gasteiger partial charge < -0.3 is 14.2 Å². The second kappa shape index (κ2) is 12.2. The summed E-state index contributed by atoms with van der Waals surface area (Å²) in [5, 5.41) is 0. The number of rotatable bonds is 8. The summed E-state index contributed by atoms with van der Waals surface area (Å²) < 4.78 is 33.5. The van der Waals surface area contributed by atoms with Gasteiger partial charge in [0.1, 0.15) is 12.4 Å². The minimum atomic E-state index is -0.808. The molecule has 0 fully saturated rings. The van der Waals surface area contributed by atoms with Crippen molar-refractivity contribution in [3.63, 3.8) is 0 Å². The Labute approximate surface area is 248 Å². The van der Waals surface area contributed by atoms with Crippen LogP contribution < -0.4 is 24.4 Å². The van der Waals surface area contributed by atoms with Crippen LogP contribution in [0.4, 0.5) is 4.39 Å². The first-order valence-electron chi connectivity index (χ1n) is 12.8. The molecular formula is C31H26BrFN2O5S. The lowest BCUT2D eigenvalue weighted by molar-refractivity contribution is -0.139. The molecular weight excluding hydrogens is 611 g/mol. The second-order valence-corrected chi connectivity index (χ2v) is 11.1. The fourth-order valence-corrected chi connectivity index (χ4v) is 5.85. The predicted octanol–water partition coefficient (Wildman–Crippen LogP) is 5.29. The summed E-state index contributed by atoms with van der Waals surface area (Å²) >= 11 is 4.64. The molecule has 1 atom stereocenters. The van der Waals surface area contributed by atoms with Gasteiger partial charge in [-0.2, -0.15) is 0 Å². The number of hydrogen-bond donors (Lipinski definition) is 0. The number of methoxy groups -OCH3 is 1. The van der Waals surface area contributed by atoms with Crippen molar-refractivity contribution >= 4 is 39.3 Å². The first-order chi connectivity index (χ1) is 19.8. The van der Waals surface area contributed by atoms with Gasteiger partial charge >= 0.3 is 5.97 Å². The van der Waals surface area contributed by atoms with Gasteiger partial charge in [-0.15, -0.1) is 0 Å². The Kier molecular flexibility index (Phi) is 8.51. The van der Waals surface area contributed by atoms with Gasteiger partial charge in [0.15, 0.2) is 16.3 Å². The van der Waals surface area contributed by atoms with Gasteiger partial charge in [0.2, 0.25) is 0 Å². The van der Waals surface area contributed by atoms with Crippen LogP contribution in [0.5, 0.6) is 11.5 Å². The van der Waals surface area contributed by atoms with Crippen LogP contribution in [-0.2, 0) is 16.1 Å². The normalized spacial score (nSPS) is 14.9. The zero-order valence-corrected chi connectivity index (χ0v) is 24.9.